The van der Waals surface area contributed by atoms with Crippen molar-refractivity contribution in [3.05, 3.63) is 84.1 Å². The molecule has 4 rings (SSSR count). The van der Waals surface area contributed by atoms with Crippen LogP contribution in [-0.2, 0) is 15.6 Å². The van der Waals surface area contributed by atoms with Gasteiger partial charge in [0.05, 0.1) is 22.0 Å². The number of fused-ring (bicyclic) bond motifs is 1. The molecule has 0 saturated heterocycles. The number of carbonyl (C=O) groups excluding carboxylic acids is 1. The molecule has 2 aromatic carbocycles. The van der Waals surface area contributed by atoms with E-state index in [9.17, 15) is 13.2 Å². The highest BCUT2D eigenvalue weighted by molar-refractivity contribution is 7.90. The summed E-state index contributed by atoms with van der Waals surface area (Å²) in [5.74, 6) is 0.530. The fourth-order valence-corrected chi connectivity index (χ4v) is 4.82. The van der Waals surface area contributed by atoms with Crippen LogP contribution in [0.25, 0.3) is 11.0 Å². The van der Waals surface area contributed by atoms with Crippen LogP contribution in [0.1, 0.15) is 48.4 Å². The number of nitrogens with one attached hydrogen (secondary N) is 2. The number of amides is 1. The van der Waals surface area contributed by atoms with Gasteiger partial charge in [-0.1, -0.05) is 44.2 Å². The van der Waals surface area contributed by atoms with E-state index in [2.05, 4.69) is 29.1 Å². The van der Waals surface area contributed by atoms with Crippen LogP contribution < -0.4 is 5.32 Å². The van der Waals surface area contributed by atoms with Gasteiger partial charge in [0.2, 0.25) is 0 Å². The van der Waals surface area contributed by atoms with E-state index in [1.165, 1.54) is 24.3 Å². The monoisotopic (exact) mass is 451 g/mol. The first kappa shape index (κ1) is 21.8. The topological polar surface area (TPSA) is 105 Å². The van der Waals surface area contributed by atoms with Gasteiger partial charge in [-0.3, -0.25) is 4.79 Å². The maximum Gasteiger partial charge on any atom is 0.287 e. The molecular formula is C24H25N3O4S. The molecule has 1 amide bonds. The second kappa shape index (κ2) is 9.00. The molecule has 32 heavy (non-hydrogen) atoms. The van der Waals surface area contributed by atoms with E-state index in [4.69, 9.17) is 4.42 Å². The van der Waals surface area contributed by atoms with E-state index in [0.29, 0.717) is 18.2 Å². The Morgan fingerprint density at radius 1 is 1.03 bits per heavy atom. The number of furan rings is 1. The largest absolute Gasteiger partial charge is 0.455 e. The molecule has 0 aliphatic carbocycles. The predicted molar refractivity (Wildman–Crippen MR) is 122 cm³/mol. The number of H-pyrrole nitrogens is 1. The Morgan fingerprint density at radius 3 is 2.47 bits per heavy atom. The van der Waals surface area contributed by atoms with Gasteiger partial charge in [0.15, 0.2) is 15.6 Å². The number of aromatic nitrogens is 2. The Hall–Kier alpha value is -3.39. The fraction of sp³-hybridized carbons (Fsp3) is 0.250. The van der Waals surface area contributed by atoms with E-state index in [-0.39, 0.29) is 28.2 Å². The first-order valence-corrected chi connectivity index (χ1v) is 12.1. The zero-order chi connectivity index (χ0) is 22.7. The van der Waals surface area contributed by atoms with Crippen molar-refractivity contribution >= 4 is 26.8 Å². The second-order valence-corrected chi connectivity index (χ2v) is 10.1. The highest BCUT2D eigenvalue weighted by atomic mass is 32.2. The van der Waals surface area contributed by atoms with E-state index in [1.54, 1.807) is 18.2 Å². The molecule has 0 bridgehead atoms. The number of rotatable bonds is 8. The summed E-state index contributed by atoms with van der Waals surface area (Å²) in [6, 6.07) is 18.5. The first-order chi connectivity index (χ1) is 15.3. The van der Waals surface area contributed by atoms with Crippen molar-refractivity contribution in [3.8, 4) is 0 Å². The van der Waals surface area contributed by atoms with Gasteiger partial charge in [0.1, 0.15) is 17.3 Å². The van der Waals surface area contributed by atoms with Crippen LogP contribution in [0, 0.1) is 5.92 Å². The average Bonchev–Trinajstić information content (AvgIpc) is 3.40. The molecule has 4 aromatic rings. The Kier molecular flexibility index (Phi) is 6.14. The van der Waals surface area contributed by atoms with Gasteiger partial charge >= 0.3 is 0 Å². The standard InChI is InChI=1S/C24H25N3O4S/c1-16(2)14-21(23-25-19-10-6-7-11-20(19)26-23)27-24(28)22-13-12-17(31-22)15-32(29,30)18-8-4-3-5-9-18/h3-13,16,21H,14-15H2,1-2H3,(H,25,26)(H,27,28). The van der Waals surface area contributed by atoms with Crippen LogP contribution in [0.5, 0.6) is 0 Å². The summed E-state index contributed by atoms with van der Waals surface area (Å²) in [7, 11) is -3.56. The lowest BCUT2D eigenvalue weighted by atomic mass is 10.0. The lowest BCUT2D eigenvalue weighted by Crippen LogP contribution is -2.30. The number of nitrogens with zero attached hydrogens (tertiary/aromatic N) is 1. The van der Waals surface area contributed by atoms with Gasteiger partial charge in [0.25, 0.3) is 5.91 Å². The number of para-hydroxylation sites is 2. The smallest absolute Gasteiger partial charge is 0.287 e. The molecule has 2 aromatic heterocycles. The number of imidazole rings is 1. The van der Waals surface area contributed by atoms with Crippen molar-refractivity contribution in [2.45, 2.75) is 37.0 Å². The maximum absolute atomic E-state index is 12.9. The van der Waals surface area contributed by atoms with Gasteiger partial charge in [-0.05, 0) is 48.7 Å². The minimum absolute atomic E-state index is 0.0631. The quantitative estimate of drug-likeness (QED) is 0.406. The molecule has 0 saturated carbocycles. The summed E-state index contributed by atoms with van der Waals surface area (Å²) in [6.45, 7) is 4.14. The molecule has 0 fully saturated rings. The van der Waals surface area contributed by atoms with Gasteiger partial charge in [-0.15, -0.1) is 0 Å². The second-order valence-electron chi connectivity index (χ2n) is 8.13. The molecule has 7 nitrogen and oxygen atoms in total. The molecule has 1 atom stereocenters. The van der Waals surface area contributed by atoms with Crippen molar-refractivity contribution < 1.29 is 17.6 Å². The normalized spacial score (nSPS) is 12.8. The molecule has 0 spiro atoms. The van der Waals surface area contributed by atoms with E-state index in [1.807, 2.05) is 24.3 Å². The molecular weight excluding hydrogens is 426 g/mol. The number of aromatic amines is 1. The number of benzene rings is 2. The number of sulfone groups is 1. The maximum atomic E-state index is 12.9. The van der Waals surface area contributed by atoms with Gasteiger partial charge in [0, 0.05) is 0 Å². The molecule has 2 heterocycles. The lowest BCUT2D eigenvalue weighted by molar-refractivity contribution is 0.0900. The number of hydrogen-bond acceptors (Lipinski definition) is 5. The zero-order valence-corrected chi connectivity index (χ0v) is 18.7. The predicted octanol–water partition coefficient (Wildman–Crippen LogP) is 4.65. The molecule has 166 valence electrons. The summed E-state index contributed by atoms with van der Waals surface area (Å²) < 4.78 is 30.7. The Morgan fingerprint density at radius 2 is 1.75 bits per heavy atom. The summed E-state index contributed by atoms with van der Waals surface area (Å²) in [5.41, 5.74) is 1.73. The van der Waals surface area contributed by atoms with Gasteiger partial charge < -0.3 is 14.7 Å². The number of carbonyl (C=O) groups is 1. The van der Waals surface area contributed by atoms with Crippen molar-refractivity contribution in [2.24, 2.45) is 5.92 Å². The first-order valence-electron chi connectivity index (χ1n) is 10.4. The van der Waals surface area contributed by atoms with Crippen LogP contribution >= 0.6 is 0 Å². The van der Waals surface area contributed by atoms with Crippen LogP contribution in [-0.4, -0.2) is 24.3 Å². The van der Waals surface area contributed by atoms with Crippen molar-refractivity contribution in [2.75, 3.05) is 0 Å². The van der Waals surface area contributed by atoms with Gasteiger partial charge in [-0.25, -0.2) is 13.4 Å². The third-order valence-electron chi connectivity index (χ3n) is 5.07. The minimum atomic E-state index is -3.56. The Balaban J connectivity index is 1.51. The van der Waals surface area contributed by atoms with Crippen LogP contribution in [0.4, 0.5) is 0 Å². The lowest BCUT2D eigenvalue weighted by Gasteiger charge is -2.18. The average molecular weight is 452 g/mol. The summed E-state index contributed by atoms with van der Waals surface area (Å²) in [6.07, 6.45) is 0.682. The molecule has 8 heteroatoms. The molecule has 0 aliphatic rings. The van der Waals surface area contributed by atoms with Gasteiger partial charge in [-0.2, -0.15) is 0 Å². The Labute approximate surface area is 186 Å². The third kappa shape index (κ3) is 4.91. The molecule has 1 unspecified atom stereocenters. The molecule has 2 N–H and O–H groups in total. The van der Waals surface area contributed by atoms with E-state index in [0.717, 1.165) is 11.0 Å². The van der Waals surface area contributed by atoms with Crippen LogP contribution in [0.2, 0.25) is 0 Å². The summed E-state index contributed by atoms with van der Waals surface area (Å²) in [4.78, 5) is 21.0. The van der Waals surface area contributed by atoms with Crippen molar-refractivity contribution in [3.63, 3.8) is 0 Å². The van der Waals surface area contributed by atoms with Crippen molar-refractivity contribution in [1.82, 2.24) is 15.3 Å². The van der Waals surface area contributed by atoms with Crippen LogP contribution in [0.15, 0.2) is 76.0 Å². The van der Waals surface area contributed by atoms with Crippen LogP contribution in [0.3, 0.4) is 0 Å². The minimum Gasteiger partial charge on any atom is -0.455 e. The summed E-state index contributed by atoms with van der Waals surface area (Å²) in [5, 5.41) is 2.97. The zero-order valence-electron chi connectivity index (χ0n) is 17.9. The molecule has 0 radical (unpaired) electrons. The SMILES string of the molecule is CC(C)CC(NC(=O)c1ccc(CS(=O)(=O)c2ccccc2)o1)c1nc2ccccc2[nH]1. The highest BCUT2D eigenvalue weighted by Crippen LogP contribution is 2.23. The number of hydrogen-bond donors (Lipinski definition) is 2. The van der Waals surface area contributed by atoms with E-state index >= 15 is 0 Å². The molecule has 0 aliphatic heterocycles. The fourth-order valence-electron chi connectivity index (χ4n) is 3.55. The van der Waals surface area contributed by atoms with Crippen molar-refractivity contribution in [1.29, 1.82) is 0 Å². The Bertz CT molecular complexity index is 1290. The highest BCUT2D eigenvalue weighted by Gasteiger charge is 2.23. The third-order valence-corrected chi connectivity index (χ3v) is 6.73. The summed E-state index contributed by atoms with van der Waals surface area (Å²) >= 11 is 0. The van der Waals surface area contributed by atoms with E-state index < -0.39 is 15.7 Å².